The van der Waals surface area contributed by atoms with Crippen molar-refractivity contribution in [2.75, 3.05) is 21.2 Å². The molecule has 4 nitrogen and oxygen atoms in total. The van der Waals surface area contributed by atoms with E-state index in [1.165, 1.54) is 229 Å². The summed E-state index contributed by atoms with van der Waals surface area (Å²) in [6, 6.07) is 63.9. The zero-order valence-electron chi connectivity index (χ0n) is 66.3. The molecule has 9 aromatic carbocycles. The van der Waals surface area contributed by atoms with Crippen LogP contribution in [0.4, 0.5) is 45.5 Å². The number of ether oxygens (including phenoxy) is 1. The van der Waals surface area contributed by atoms with E-state index < -0.39 is 0 Å². The van der Waals surface area contributed by atoms with Gasteiger partial charge in [0.1, 0.15) is 0 Å². The molecule has 0 radical (unpaired) electrons. The third-order valence-corrected chi connectivity index (χ3v) is 21.5. The molecule has 1 aliphatic heterocycles. The molecule has 0 N–H and O–H groups in total. The highest BCUT2D eigenvalue weighted by Gasteiger charge is 2.42. The van der Waals surface area contributed by atoms with Gasteiger partial charge in [-0.3, -0.25) is 0 Å². The minimum absolute atomic E-state index is 0.0885. The molecule has 4 heteroatoms. The second kappa shape index (κ2) is 35.4. The van der Waals surface area contributed by atoms with E-state index in [0.29, 0.717) is 0 Å². The monoisotopic (exact) mass is 1350 g/mol. The van der Waals surface area contributed by atoms with E-state index in [1.54, 1.807) is 11.1 Å². The summed E-state index contributed by atoms with van der Waals surface area (Å²) in [5, 5.41) is 0. The second-order valence-corrected chi connectivity index (χ2v) is 32.5. The predicted molar refractivity (Wildman–Crippen MR) is 443 cm³/mol. The van der Waals surface area contributed by atoms with Crippen LogP contribution in [0, 0.1) is 69.2 Å². The van der Waals surface area contributed by atoms with Crippen molar-refractivity contribution >= 4 is 45.5 Å². The molecule has 2 aliphatic rings. The largest absolute Gasteiger partial charge is 0.453 e. The molecule has 0 bridgehead atoms. The lowest BCUT2D eigenvalue weighted by Crippen LogP contribution is -2.25. The molecule has 0 unspecified atom stereocenters. The second-order valence-electron chi connectivity index (χ2n) is 32.5. The minimum atomic E-state index is 0.0885. The van der Waals surface area contributed by atoms with E-state index in [0.717, 1.165) is 40.8 Å². The molecular weight excluding hydrogens is 1220 g/mol. The Morgan fingerprint density at radius 3 is 0.941 bits per heavy atom. The third-order valence-electron chi connectivity index (χ3n) is 21.5. The summed E-state index contributed by atoms with van der Waals surface area (Å²) in [5.74, 6) is 1.97. The number of nitrogens with zero attached hydrogens (tertiary/aromatic N) is 3. The van der Waals surface area contributed by atoms with Gasteiger partial charge < -0.3 is 19.4 Å². The third kappa shape index (κ3) is 19.5. The van der Waals surface area contributed by atoms with Crippen molar-refractivity contribution in [3.05, 3.63) is 248 Å². The molecule has 1 aliphatic carbocycles. The molecule has 0 atom stereocenters. The van der Waals surface area contributed by atoms with Gasteiger partial charge >= 0.3 is 0 Å². The Labute approximate surface area is 614 Å². The van der Waals surface area contributed by atoms with E-state index >= 15 is 0 Å². The summed E-state index contributed by atoms with van der Waals surface area (Å²) in [7, 11) is 0. The van der Waals surface area contributed by atoms with Gasteiger partial charge in [0.25, 0.3) is 0 Å². The SMILES string of the molecule is CCCCCCCCC1(CCCCCCCC)c2cc(C)ccc2-c2ccc(C)cc21.CCCCCCCCN1c2ccc(C)cc2Oc2cc(C)ccc21.Cc1ccc(N(c2ccc(N(c3ccc(C)cc3)c3c(C)cc(C(C)(C)C)cc3C)cc2)c2c(C)cc(C(C)(C)C)cc2C)cc1. The van der Waals surface area contributed by atoms with E-state index in [-0.39, 0.29) is 16.2 Å². The van der Waals surface area contributed by atoms with Gasteiger partial charge in [-0.1, -0.05) is 291 Å². The maximum absolute atomic E-state index is 6.19. The average molecular weight is 1350 g/mol. The Hall–Kier alpha value is -7.82. The van der Waals surface area contributed by atoms with Crippen molar-refractivity contribution in [1.82, 2.24) is 0 Å². The van der Waals surface area contributed by atoms with Gasteiger partial charge in [0.2, 0.25) is 0 Å². The van der Waals surface area contributed by atoms with Crippen LogP contribution >= 0.6 is 0 Å². The molecule has 0 saturated carbocycles. The Bertz CT molecular complexity index is 3830. The van der Waals surface area contributed by atoms with Crippen molar-refractivity contribution in [3.63, 3.8) is 0 Å². The molecular formula is C97H127N3O. The van der Waals surface area contributed by atoms with E-state index in [2.05, 4.69) is 316 Å². The lowest BCUT2D eigenvalue weighted by Gasteiger charge is -2.33. The fraction of sp³-hybridized carbons (Fsp3) is 0.443. The number of fused-ring (bicyclic) bond motifs is 5. The van der Waals surface area contributed by atoms with Gasteiger partial charge in [-0.25, -0.2) is 0 Å². The first-order valence-corrected chi connectivity index (χ1v) is 39.3. The van der Waals surface area contributed by atoms with Crippen LogP contribution in [-0.2, 0) is 16.2 Å². The quantitative estimate of drug-likeness (QED) is 0.0478. The Kier molecular flexibility index (Phi) is 27.1. The molecule has 0 aromatic heterocycles. The lowest BCUT2D eigenvalue weighted by atomic mass is 9.70. The van der Waals surface area contributed by atoms with Crippen LogP contribution in [-0.4, -0.2) is 6.54 Å². The number of anilines is 8. The van der Waals surface area contributed by atoms with E-state index in [4.69, 9.17) is 4.74 Å². The fourth-order valence-electron chi connectivity index (χ4n) is 15.6. The smallest absolute Gasteiger partial charge is 0.151 e. The van der Waals surface area contributed by atoms with Crippen LogP contribution in [0.25, 0.3) is 11.1 Å². The predicted octanol–water partition coefficient (Wildman–Crippen LogP) is 30.1. The first kappa shape index (κ1) is 77.3. The number of benzene rings is 9. The number of aryl methyl sites for hydroxylation is 10. The number of hydrogen-bond acceptors (Lipinski definition) is 4. The minimum Gasteiger partial charge on any atom is -0.453 e. The lowest BCUT2D eigenvalue weighted by molar-refractivity contribution is 0.397. The normalized spacial score (nSPS) is 12.7. The molecule has 101 heavy (non-hydrogen) atoms. The fourth-order valence-corrected chi connectivity index (χ4v) is 15.6. The van der Waals surface area contributed by atoms with Crippen LogP contribution < -0.4 is 19.4 Å². The van der Waals surface area contributed by atoms with Crippen molar-refractivity contribution < 1.29 is 4.74 Å². The van der Waals surface area contributed by atoms with E-state index in [1.807, 2.05) is 0 Å². The maximum Gasteiger partial charge on any atom is 0.151 e. The molecule has 11 rings (SSSR count). The first-order chi connectivity index (χ1) is 48.3. The molecule has 0 spiro atoms. The Balaban J connectivity index is 0.000000187. The van der Waals surface area contributed by atoms with Crippen LogP contribution in [0.1, 0.15) is 269 Å². The Morgan fingerprint density at radius 1 is 0.317 bits per heavy atom. The van der Waals surface area contributed by atoms with Crippen molar-refractivity contribution in [1.29, 1.82) is 0 Å². The molecule has 9 aromatic rings. The highest BCUT2D eigenvalue weighted by molar-refractivity contribution is 5.86. The van der Waals surface area contributed by atoms with E-state index in [9.17, 15) is 0 Å². The van der Waals surface area contributed by atoms with Crippen molar-refractivity contribution in [2.45, 2.75) is 276 Å². The number of hydrogen-bond donors (Lipinski definition) is 0. The van der Waals surface area contributed by atoms with Crippen LogP contribution in [0.5, 0.6) is 11.5 Å². The average Bonchev–Trinajstić information content (AvgIpc) is 1.58. The maximum atomic E-state index is 6.19. The zero-order chi connectivity index (χ0) is 72.6. The summed E-state index contributed by atoms with van der Waals surface area (Å²) in [5.41, 5.74) is 31.9. The van der Waals surface area contributed by atoms with Gasteiger partial charge in [-0.05, 0) is 239 Å². The van der Waals surface area contributed by atoms with Gasteiger partial charge in [-0.15, -0.1) is 0 Å². The molecule has 1 heterocycles. The van der Waals surface area contributed by atoms with Gasteiger partial charge in [-0.2, -0.15) is 0 Å². The molecule has 0 amide bonds. The standard InChI is InChI=1S/C44H52N2.C31H46.C22H29NO/c1-29-13-17-37(18-14-29)45(41-31(3)25-35(26-32(41)4)43(7,8)9)39-21-23-40(24-22-39)46(38-19-15-30(2)16-20-38)42-33(5)27-36(28-34(42)6)44(10,11)12;1-5-7-9-11-13-15-21-31(22-16-14-12-10-8-6-2)29-23-25(3)17-19-27(29)28-20-18-26(4)24-30(28)31;1-4-5-6-7-8-9-14-23-19-12-10-17(2)15-21(19)24-22-16-18(3)11-13-20(22)23/h13-28H,1-12H3;17-20,23-24H,5-16,21-22H2,1-4H3;10-13,15-16H,4-9,14H2,1-3H3. The summed E-state index contributed by atoms with van der Waals surface area (Å²) in [6.45, 7) is 43.8. The zero-order valence-corrected chi connectivity index (χ0v) is 66.3. The number of rotatable bonds is 27. The molecule has 0 fully saturated rings. The number of unbranched alkanes of at least 4 members (excludes halogenated alkanes) is 15. The topological polar surface area (TPSA) is 19.0 Å². The summed E-state index contributed by atoms with van der Waals surface area (Å²) < 4.78 is 6.19. The Morgan fingerprint density at radius 2 is 0.604 bits per heavy atom. The van der Waals surface area contributed by atoms with Crippen LogP contribution in [0.2, 0.25) is 0 Å². The summed E-state index contributed by atoms with van der Waals surface area (Å²) >= 11 is 0. The molecule has 0 saturated heterocycles. The highest BCUT2D eigenvalue weighted by Crippen LogP contribution is 2.55. The highest BCUT2D eigenvalue weighted by atomic mass is 16.5. The first-order valence-electron chi connectivity index (χ1n) is 39.3. The van der Waals surface area contributed by atoms with Crippen molar-refractivity contribution in [2.24, 2.45) is 0 Å². The van der Waals surface area contributed by atoms with Crippen molar-refractivity contribution in [3.8, 4) is 22.6 Å². The van der Waals surface area contributed by atoms with Gasteiger partial charge in [0.05, 0.1) is 22.7 Å². The van der Waals surface area contributed by atoms with Crippen LogP contribution in [0.15, 0.2) is 170 Å². The van der Waals surface area contributed by atoms with Gasteiger partial charge in [0.15, 0.2) is 11.5 Å². The van der Waals surface area contributed by atoms with Crippen LogP contribution in [0.3, 0.4) is 0 Å². The van der Waals surface area contributed by atoms with Gasteiger partial charge in [0, 0.05) is 34.7 Å². The summed E-state index contributed by atoms with van der Waals surface area (Å²) in [4.78, 5) is 7.28. The summed E-state index contributed by atoms with van der Waals surface area (Å²) in [6.07, 6.45) is 27.1. The molecule has 536 valence electrons.